The first-order valence-corrected chi connectivity index (χ1v) is 12.8. The largest absolute Gasteiger partial charge is 0.469 e. The molecule has 0 bridgehead atoms. The van der Waals surface area contributed by atoms with Crippen LogP contribution in [-0.4, -0.2) is 67.1 Å². The maximum Gasteiger partial charge on any atom is 0.333 e. The number of nitrogens with zero attached hydrogens (tertiary/aromatic N) is 1. The number of nitrogens with one attached hydrogen (secondary N) is 1. The number of ketones is 1. The molecule has 7 atom stereocenters. The second-order valence-electron chi connectivity index (χ2n) is 10.8. The first-order chi connectivity index (χ1) is 18.5. The van der Waals surface area contributed by atoms with Crippen LogP contribution in [0.1, 0.15) is 30.6 Å². The van der Waals surface area contributed by atoms with E-state index in [-0.39, 0.29) is 12.0 Å². The topological polar surface area (TPSA) is 136 Å². The number of hydrogen-bond donors (Lipinski definition) is 1. The van der Waals surface area contributed by atoms with Crippen LogP contribution in [0.25, 0.3) is 0 Å². The molecule has 0 saturated carbocycles. The number of esters is 2. The van der Waals surface area contributed by atoms with Crippen molar-refractivity contribution in [2.75, 3.05) is 21.3 Å². The van der Waals surface area contributed by atoms with E-state index in [1.165, 1.54) is 27.3 Å². The van der Waals surface area contributed by atoms with Gasteiger partial charge in [0.25, 0.3) is 5.91 Å². The second kappa shape index (κ2) is 9.29. The number of ether oxygens (including phenoxy) is 2. The molecule has 39 heavy (non-hydrogen) atoms. The Bertz CT molecular complexity index is 1380. The van der Waals surface area contributed by atoms with Gasteiger partial charge in [-0.2, -0.15) is 0 Å². The van der Waals surface area contributed by atoms with Crippen LogP contribution in [0.2, 0.25) is 0 Å². The highest BCUT2D eigenvalue weighted by Gasteiger charge is 2.66. The number of hydrogen-bond acceptors (Lipinski definition) is 8. The molecule has 0 aromatic heterocycles. The van der Waals surface area contributed by atoms with E-state index in [9.17, 15) is 28.8 Å². The molecule has 10 heteroatoms. The Labute approximate surface area is 225 Å². The number of benzene rings is 1. The SMILES string of the molecule is COC(=O)C1=C[C@@H](C(=O)OC)C2C3=C(C(=O)[C@]2(C)NC(=O)c2ccccc2)[C@H](C)[C@@H]2C(=O)N(C)C(=O)[C@@H]2[C@@H]3C1. The maximum atomic E-state index is 14.3. The van der Waals surface area contributed by atoms with Crippen molar-refractivity contribution in [1.29, 1.82) is 0 Å². The van der Waals surface area contributed by atoms with E-state index in [1.54, 1.807) is 44.2 Å². The van der Waals surface area contributed by atoms with Crippen LogP contribution in [0.4, 0.5) is 0 Å². The molecule has 204 valence electrons. The molecule has 5 rings (SSSR count). The number of methoxy groups -OCH3 is 2. The Hall–Kier alpha value is -4.08. The Kier molecular flexibility index (Phi) is 6.32. The molecule has 10 nitrogen and oxygen atoms in total. The highest BCUT2D eigenvalue weighted by Crippen LogP contribution is 2.60. The fourth-order valence-corrected chi connectivity index (χ4v) is 7.18. The summed E-state index contributed by atoms with van der Waals surface area (Å²) in [6, 6.07) is 8.35. The smallest absolute Gasteiger partial charge is 0.333 e. The number of fused-ring (bicyclic) bond motifs is 2. The zero-order valence-electron chi connectivity index (χ0n) is 22.3. The van der Waals surface area contributed by atoms with Crippen molar-refractivity contribution in [2.45, 2.75) is 25.8 Å². The molecule has 1 saturated heterocycles. The quantitative estimate of drug-likeness (QED) is 0.453. The van der Waals surface area contributed by atoms with Crippen molar-refractivity contribution in [1.82, 2.24) is 10.2 Å². The van der Waals surface area contributed by atoms with Crippen molar-refractivity contribution < 1.29 is 38.2 Å². The molecule has 1 heterocycles. The van der Waals surface area contributed by atoms with Gasteiger partial charge in [0.1, 0.15) is 5.54 Å². The third-order valence-corrected chi connectivity index (χ3v) is 8.94. The van der Waals surface area contributed by atoms with Crippen molar-refractivity contribution in [3.8, 4) is 0 Å². The number of rotatable bonds is 4. The van der Waals surface area contributed by atoms with Crippen LogP contribution in [0.5, 0.6) is 0 Å². The minimum atomic E-state index is -1.62. The van der Waals surface area contributed by atoms with Crippen LogP contribution >= 0.6 is 0 Å². The van der Waals surface area contributed by atoms with E-state index in [1.807, 2.05) is 0 Å². The number of carbonyl (C=O) groups excluding carboxylic acids is 6. The predicted octanol–water partition coefficient (Wildman–Crippen LogP) is 1.46. The fourth-order valence-electron chi connectivity index (χ4n) is 7.18. The summed E-state index contributed by atoms with van der Waals surface area (Å²) in [6.07, 6.45) is 1.42. The monoisotopic (exact) mass is 534 g/mol. The highest BCUT2D eigenvalue weighted by atomic mass is 16.5. The maximum absolute atomic E-state index is 14.3. The lowest BCUT2D eigenvalue weighted by Crippen LogP contribution is -2.57. The lowest BCUT2D eigenvalue weighted by atomic mass is 9.62. The number of carbonyl (C=O) groups is 6. The normalized spacial score (nSPS) is 33.2. The van der Waals surface area contributed by atoms with Gasteiger partial charge in [0.15, 0.2) is 5.78 Å². The van der Waals surface area contributed by atoms with Gasteiger partial charge in [-0.1, -0.05) is 36.8 Å². The lowest BCUT2D eigenvalue weighted by Gasteiger charge is -2.39. The Morgan fingerprint density at radius 2 is 1.64 bits per heavy atom. The van der Waals surface area contributed by atoms with Crippen molar-refractivity contribution in [3.05, 3.63) is 58.7 Å². The number of imide groups is 1. The first kappa shape index (κ1) is 26.5. The standard InChI is InChI=1S/C29H30N2O8/c1-13-18-20-16(21-19(13)25(34)31(3)26(21)35)11-15(27(36)38-4)12-17(28(37)39-5)22(20)29(2,23(18)32)30-24(33)14-9-7-6-8-10-14/h6-10,12-13,16-17,19,21-22H,11H2,1-5H3,(H,30,33)/t13-,16+,17+,19-,21+,22?,29+/m0/s1. The summed E-state index contributed by atoms with van der Waals surface area (Å²) in [5.41, 5.74) is -0.314. The van der Waals surface area contributed by atoms with Gasteiger partial charge in [-0.3, -0.25) is 28.9 Å². The van der Waals surface area contributed by atoms with Gasteiger partial charge in [-0.05, 0) is 37.3 Å². The third-order valence-electron chi connectivity index (χ3n) is 8.94. The number of likely N-dealkylation sites (tertiary alicyclic amines) is 1. The van der Waals surface area contributed by atoms with E-state index >= 15 is 0 Å². The van der Waals surface area contributed by atoms with E-state index in [0.717, 1.165) is 4.90 Å². The van der Waals surface area contributed by atoms with Gasteiger partial charge >= 0.3 is 11.9 Å². The molecule has 1 N–H and O–H groups in total. The van der Waals surface area contributed by atoms with Crippen molar-refractivity contribution in [2.24, 2.45) is 35.5 Å². The first-order valence-electron chi connectivity index (χ1n) is 12.8. The molecule has 0 radical (unpaired) electrons. The van der Waals surface area contributed by atoms with Crippen LogP contribution < -0.4 is 5.32 Å². The van der Waals surface area contributed by atoms with Gasteiger partial charge in [0.05, 0.1) is 32.0 Å². The summed E-state index contributed by atoms with van der Waals surface area (Å²) in [6.45, 7) is 3.29. The van der Waals surface area contributed by atoms with E-state index in [2.05, 4.69) is 5.32 Å². The lowest BCUT2D eigenvalue weighted by molar-refractivity contribution is -0.146. The van der Waals surface area contributed by atoms with Crippen molar-refractivity contribution in [3.63, 3.8) is 0 Å². The molecule has 1 aromatic carbocycles. The Morgan fingerprint density at radius 1 is 1.00 bits per heavy atom. The minimum absolute atomic E-state index is 0.00770. The van der Waals surface area contributed by atoms with Gasteiger partial charge in [0.2, 0.25) is 11.8 Å². The minimum Gasteiger partial charge on any atom is -0.469 e. The van der Waals surface area contributed by atoms with Gasteiger partial charge < -0.3 is 14.8 Å². The molecule has 1 aliphatic heterocycles. The summed E-state index contributed by atoms with van der Waals surface area (Å²) in [4.78, 5) is 81.6. The fraction of sp³-hybridized carbons (Fsp3) is 0.448. The summed E-state index contributed by atoms with van der Waals surface area (Å²) in [5, 5.41) is 2.88. The van der Waals surface area contributed by atoms with Crippen LogP contribution in [0.3, 0.4) is 0 Å². The summed E-state index contributed by atoms with van der Waals surface area (Å²) < 4.78 is 10.1. The average Bonchev–Trinajstić information content (AvgIpc) is 3.20. The predicted molar refractivity (Wildman–Crippen MR) is 135 cm³/mol. The Balaban J connectivity index is 1.74. The van der Waals surface area contributed by atoms with E-state index in [4.69, 9.17) is 9.47 Å². The molecule has 3 aliphatic carbocycles. The zero-order chi connectivity index (χ0) is 28.4. The van der Waals surface area contributed by atoms with Crippen LogP contribution in [-0.2, 0) is 33.4 Å². The average molecular weight is 535 g/mol. The van der Waals surface area contributed by atoms with Gasteiger partial charge in [0, 0.05) is 29.7 Å². The van der Waals surface area contributed by atoms with Crippen LogP contribution in [0.15, 0.2) is 53.1 Å². The molecule has 3 amide bonds. The summed E-state index contributed by atoms with van der Waals surface area (Å²) in [7, 11) is 3.83. The van der Waals surface area contributed by atoms with E-state index < -0.39 is 76.5 Å². The van der Waals surface area contributed by atoms with Crippen LogP contribution in [0, 0.1) is 35.5 Å². The van der Waals surface area contributed by atoms with Gasteiger partial charge in [-0.25, -0.2) is 4.79 Å². The molecular weight excluding hydrogens is 504 g/mol. The zero-order valence-corrected chi connectivity index (χ0v) is 22.3. The van der Waals surface area contributed by atoms with Crippen molar-refractivity contribution >= 4 is 35.4 Å². The molecular formula is C29H30N2O8. The summed E-state index contributed by atoms with van der Waals surface area (Å²) in [5.74, 6) is -8.23. The summed E-state index contributed by atoms with van der Waals surface area (Å²) >= 11 is 0. The van der Waals surface area contributed by atoms with E-state index in [0.29, 0.717) is 16.7 Å². The number of amides is 3. The van der Waals surface area contributed by atoms with Gasteiger partial charge in [-0.15, -0.1) is 0 Å². The highest BCUT2D eigenvalue weighted by molar-refractivity contribution is 6.14. The molecule has 0 spiro atoms. The molecule has 1 aromatic rings. The molecule has 4 aliphatic rings. The number of Topliss-reactive ketones (excluding diaryl/α,β-unsaturated/α-hetero) is 1. The second-order valence-corrected chi connectivity index (χ2v) is 10.8. The molecule has 1 unspecified atom stereocenters. The third kappa shape index (κ3) is 3.68. The molecule has 1 fully saturated rings. The Morgan fingerprint density at radius 3 is 2.26 bits per heavy atom.